The van der Waals surface area contributed by atoms with Crippen LogP contribution in [0, 0.1) is 0 Å². The van der Waals surface area contributed by atoms with Gasteiger partial charge in [-0.3, -0.25) is 4.79 Å². The van der Waals surface area contributed by atoms with E-state index in [0.29, 0.717) is 16.6 Å². The van der Waals surface area contributed by atoms with Crippen LogP contribution in [-0.2, 0) is 0 Å². The number of hydrogen-bond donors (Lipinski definition) is 2. The van der Waals surface area contributed by atoms with E-state index in [1.807, 2.05) is 0 Å². The van der Waals surface area contributed by atoms with Gasteiger partial charge in [-0.05, 0) is 54.6 Å². The number of aromatic nitrogens is 2. The number of rotatable bonds is 2. The number of anilines is 1. The highest BCUT2D eigenvalue weighted by atomic mass is 79.9. The predicted octanol–water partition coefficient (Wildman–Crippen LogP) is 1.64. The zero-order chi connectivity index (χ0) is 13.2. The van der Waals surface area contributed by atoms with Gasteiger partial charge < -0.3 is 15.2 Å². The Morgan fingerprint density at radius 2 is 2.21 bits per heavy atom. The molecule has 0 amide bonds. The van der Waals surface area contributed by atoms with Crippen molar-refractivity contribution < 1.29 is 0 Å². The highest BCUT2D eigenvalue weighted by Crippen LogP contribution is 2.30. The molecule has 3 rings (SSSR count). The second kappa shape index (κ2) is 5.63. The summed E-state index contributed by atoms with van der Waals surface area (Å²) in [6, 6.07) is 0.995. The zero-order valence-electron chi connectivity index (χ0n) is 10.9. The highest BCUT2D eigenvalue weighted by molar-refractivity contribution is 9.10. The summed E-state index contributed by atoms with van der Waals surface area (Å²) in [4.78, 5) is 21.0. The Morgan fingerprint density at radius 3 is 3.00 bits per heavy atom. The van der Waals surface area contributed by atoms with Gasteiger partial charge in [-0.15, -0.1) is 0 Å². The van der Waals surface area contributed by atoms with Gasteiger partial charge in [-0.25, -0.2) is 4.98 Å². The monoisotopic (exact) mass is 326 g/mol. The average molecular weight is 327 g/mol. The number of halogens is 1. The van der Waals surface area contributed by atoms with E-state index in [1.54, 1.807) is 0 Å². The van der Waals surface area contributed by atoms with E-state index >= 15 is 0 Å². The maximum atomic E-state index is 11.7. The third-order valence-electron chi connectivity index (χ3n) is 4.16. The van der Waals surface area contributed by atoms with E-state index in [0.717, 1.165) is 18.9 Å². The number of nitrogens with one attached hydrogen (secondary N) is 2. The van der Waals surface area contributed by atoms with Crippen molar-refractivity contribution in [1.29, 1.82) is 0 Å². The molecule has 0 aromatic carbocycles. The van der Waals surface area contributed by atoms with Crippen molar-refractivity contribution >= 4 is 21.7 Å². The first-order valence-corrected chi connectivity index (χ1v) is 7.80. The fourth-order valence-electron chi connectivity index (χ4n) is 3.25. The van der Waals surface area contributed by atoms with Crippen LogP contribution in [-0.4, -0.2) is 35.1 Å². The maximum Gasteiger partial charge on any atom is 0.267 e. The largest absolute Gasteiger partial charge is 0.351 e. The number of piperidine rings is 1. The quantitative estimate of drug-likeness (QED) is 0.867. The van der Waals surface area contributed by atoms with Crippen molar-refractivity contribution in [3.8, 4) is 0 Å². The van der Waals surface area contributed by atoms with Crippen LogP contribution in [0.5, 0.6) is 0 Å². The minimum atomic E-state index is -0.103. The normalized spacial score (nSPS) is 27.7. The van der Waals surface area contributed by atoms with E-state index < -0.39 is 0 Å². The first-order chi connectivity index (χ1) is 9.27. The number of nitrogens with zero attached hydrogens (tertiary/aromatic N) is 2. The molecular formula is C13H19BrN4O. The first-order valence-electron chi connectivity index (χ1n) is 7.00. The summed E-state index contributed by atoms with van der Waals surface area (Å²) in [7, 11) is 0. The van der Waals surface area contributed by atoms with E-state index in [1.165, 1.54) is 38.4 Å². The van der Waals surface area contributed by atoms with Crippen LogP contribution < -0.4 is 15.8 Å². The second-order valence-electron chi connectivity index (χ2n) is 5.33. The Kier molecular flexibility index (Phi) is 3.88. The number of H-pyrrole nitrogens is 1. The van der Waals surface area contributed by atoms with E-state index in [9.17, 15) is 4.79 Å². The fraction of sp³-hybridized carbons (Fsp3) is 0.692. The summed E-state index contributed by atoms with van der Waals surface area (Å²) in [6.45, 7) is 2.09. The summed E-state index contributed by atoms with van der Waals surface area (Å²) >= 11 is 3.38. The van der Waals surface area contributed by atoms with Crippen molar-refractivity contribution in [3.05, 3.63) is 21.2 Å². The van der Waals surface area contributed by atoms with Gasteiger partial charge in [0.1, 0.15) is 4.47 Å². The van der Waals surface area contributed by atoms with Gasteiger partial charge in [0.05, 0.1) is 6.33 Å². The van der Waals surface area contributed by atoms with Crippen molar-refractivity contribution in [2.24, 2.45) is 0 Å². The third kappa shape index (κ3) is 2.56. The Labute approximate surface area is 120 Å². The summed E-state index contributed by atoms with van der Waals surface area (Å²) in [5.41, 5.74) is -0.103. The predicted molar refractivity (Wildman–Crippen MR) is 78.6 cm³/mol. The van der Waals surface area contributed by atoms with Crippen LogP contribution in [0.4, 0.5) is 5.82 Å². The van der Waals surface area contributed by atoms with E-state index in [2.05, 4.69) is 36.1 Å². The van der Waals surface area contributed by atoms with Crippen molar-refractivity contribution in [3.63, 3.8) is 0 Å². The molecule has 0 aliphatic carbocycles. The molecule has 2 aliphatic rings. The van der Waals surface area contributed by atoms with Crippen LogP contribution >= 0.6 is 15.9 Å². The fourth-order valence-corrected chi connectivity index (χ4v) is 3.70. The molecule has 0 saturated carbocycles. The second-order valence-corrected chi connectivity index (χ2v) is 6.12. The molecule has 2 N–H and O–H groups in total. The molecule has 0 spiro atoms. The minimum Gasteiger partial charge on any atom is -0.351 e. The summed E-state index contributed by atoms with van der Waals surface area (Å²) in [6.07, 6.45) is 7.58. The van der Waals surface area contributed by atoms with Gasteiger partial charge in [-0.2, -0.15) is 0 Å². The van der Waals surface area contributed by atoms with Crippen molar-refractivity contribution in [2.45, 2.75) is 44.2 Å². The molecule has 2 unspecified atom stereocenters. The minimum absolute atomic E-state index is 0.103. The molecule has 2 atom stereocenters. The smallest absolute Gasteiger partial charge is 0.267 e. The third-order valence-corrected chi connectivity index (χ3v) is 4.88. The Balaban J connectivity index is 1.91. The van der Waals surface area contributed by atoms with Gasteiger partial charge in [0.2, 0.25) is 0 Å². The SMILES string of the molecule is O=c1[nH]cnc(N2CCCCC2C2CCCN2)c1Br. The molecule has 5 nitrogen and oxygen atoms in total. The molecule has 0 radical (unpaired) electrons. The average Bonchev–Trinajstić information content (AvgIpc) is 2.96. The molecule has 104 valence electrons. The lowest BCUT2D eigenvalue weighted by Crippen LogP contribution is -2.51. The molecule has 6 heteroatoms. The Hall–Kier alpha value is -0.880. The van der Waals surface area contributed by atoms with Crippen LogP contribution in [0.3, 0.4) is 0 Å². The molecule has 1 aromatic rings. The molecule has 2 aliphatic heterocycles. The molecule has 1 aromatic heterocycles. The molecule has 3 heterocycles. The Bertz CT molecular complexity index is 498. The standard InChI is InChI=1S/C13H19BrN4O/c14-11-12(16-8-17-13(11)19)18-7-2-1-5-10(18)9-4-3-6-15-9/h8-10,15H,1-7H2,(H,16,17,19). The highest BCUT2D eigenvalue weighted by Gasteiger charge is 2.33. The zero-order valence-corrected chi connectivity index (χ0v) is 12.4. The molecule has 2 fully saturated rings. The van der Waals surface area contributed by atoms with Gasteiger partial charge in [0, 0.05) is 18.6 Å². The van der Waals surface area contributed by atoms with E-state index in [4.69, 9.17) is 0 Å². The lowest BCUT2D eigenvalue weighted by Gasteiger charge is -2.40. The Morgan fingerprint density at radius 1 is 1.32 bits per heavy atom. The van der Waals surface area contributed by atoms with Crippen molar-refractivity contribution in [2.75, 3.05) is 18.0 Å². The first kappa shape index (κ1) is 13.1. The topological polar surface area (TPSA) is 61.0 Å². The summed E-state index contributed by atoms with van der Waals surface area (Å²) < 4.78 is 0.555. The van der Waals surface area contributed by atoms with Gasteiger partial charge in [-0.1, -0.05) is 0 Å². The molecule has 0 bridgehead atoms. The lowest BCUT2D eigenvalue weighted by molar-refractivity contribution is 0.375. The van der Waals surface area contributed by atoms with Crippen LogP contribution in [0.1, 0.15) is 32.1 Å². The molecule has 19 heavy (non-hydrogen) atoms. The molecule has 2 saturated heterocycles. The summed E-state index contributed by atoms with van der Waals surface area (Å²) in [5, 5.41) is 3.59. The van der Waals surface area contributed by atoms with Crippen LogP contribution in [0.25, 0.3) is 0 Å². The van der Waals surface area contributed by atoms with Crippen LogP contribution in [0.2, 0.25) is 0 Å². The van der Waals surface area contributed by atoms with Gasteiger partial charge >= 0.3 is 0 Å². The van der Waals surface area contributed by atoms with Crippen LogP contribution in [0.15, 0.2) is 15.6 Å². The molecular weight excluding hydrogens is 308 g/mol. The number of hydrogen-bond acceptors (Lipinski definition) is 4. The lowest BCUT2D eigenvalue weighted by atomic mass is 9.94. The number of aromatic amines is 1. The van der Waals surface area contributed by atoms with Crippen molar-refractivity contribution in [1.82, 2.24) is 15.3 Å². The van der Waals surface area contributed by atoms with Gasteiger partial charge in [0.15, 0.2) is 5.82 Å². The van der Waals surface area contributed by atoms with E-state index in [-0.39, 0.29) is 5.56 Å². The summed E-state index contributed by atoms with van der Waals surface area (Å²) in [5.74, 6) is 0.794. The van der Waals surface area contributed by atoms with Gasteiger partial charge in [0.25, 0.3) is 5.56 Å². The maximum absolute atomic E-state index is 11.7.